The van der Waals surface area contributed by atoms with E-state index in [1.807, 2.05) is 0 Å². The van der Waals surface area contributed by atoms with Crippen LogP contribution in [0.15, 0.2) is 0 Å². The van der Waals surface area contributed by atoms with Gasteiger partial charge in [-0.3, -0.25) is 4.79 Å². The number of carbonyl (C=O) groups is 2. The van der Waals surface area contributed by atoms with E-state index in [-0.39, 0.29) is 0 Å². The molecule has 0 aliphatic rings. The first-order valence-corrected chi connectivity index (χ1v) is 3.30. The highest BCUT2D eigenvalue weighted by atomic mass is 16.6. The van der Waals surface area contributed by atoms with Gasteiger partial charge in [-0.25, -0.2) is 4.79 Å². The van der Waals surface area contributed by atoms with Gasteiger partial charge in [-0.05, 0) is 13.8 Å². The van der Waals surface area contributed by atoms with E-state index in [4.69, 9.17) is 0 Å². The molecule has 2 unspecified atom stereocenters. The van der Waals surface area contributed by atoms with Gasteiger partial charge in [-0.2, -0.15) is 0 Å². The van der Waals surface area contributed by atoms with Crippen molar-refractivity contribution in [2.45, 2.75) is 26.1 Å². The Labute approximate surface area is 65.5 Å². The summed E-state index contributed by atoms with van der Waals surface area (Å²) >= 11 is 0. The number of ether oxygens (including phenoxy) is 2. The van der Waals surface area contributed by atoms with Gasteiger partial charge in [0.05, 0.1) is 0 Å². The Bertz CT molecular complexity index is 143. The maximum Gasteiger partial charge on any atom is 0.335 e. The van der Waals surface area contributed by atoms with Crippen LogP contribution in [-0.4, -0.2) is 31.6 Å². The van der Waals surface area contributed by atoms with Gasteiger partial charge >= 0.3 is 5.97 Å². The fourth-order valence-electron chi connectivity index (χ4n) is 0.403. The summed E-state index contributed by atoms with van der Waals surface area (Å²) in [6.07, 6.45) is -0.752. The molecule has 0 fully saturated rings. The predicted molar refractivity (Wildman–Crippen MR) is 38.1 cm³/mol. The largest absolute Gasteiger partial charge is 0.453 e. The van der Waals surface area contributed by atoms with Gasteiger partial charge in [-0.15, -0.1) is 0 Å². The normalized spacial score (nSPS) is 15.2. The predicted octanol–water partition coefficient (Wildman–Crippen LogP) is 0.152. The molecule has 4 heteroatoms. The molecule has 11 heavy (non-hydrogen) atoms. The highest BCUT2D eigenvalue weighted by Crippen LogP contribution is 1.95. The highest BCUT2D eigenvalue weighted by molar-refractivity contribution is 5.76. The zero-order chi connectivity index (χ0) is 8.85. The van der Waals surface area contributed by atoms with Crippen LogP contribution in [0.4, 0.5) is 0 Å². The molecule has 0 aliphatic carbocycles. The first kappa shape index (κ1) is 10.1. The first-order valence-electron chi connectivity index (χ1n) is 3.30. The van der Waals surface area contributed by atoms with Crippen molar-refractivity contribution in [2.24, 2.45) is 0 Å². The smallest absolute Gasteiger partial charge is 0.335 e. The summed E-state index contributed by atoms with van der Waals surface area (Å²) in [6, 6.07) is 0. The van der Waals surface area contributed by atoms with Gasteiger partial charge in [0.15, 0.2) is 18.5 Å². The molecule has 0 N–H and O–H groups in total. The molecule has 0 heterocycles. The maximum absolute atomic E-state index is 10.8. The standard InChI is InChI=1S/C7H12O4/c1-5(4-8)11-7(9)6(2)10-3/h4-6H,1-3H3. The van der Waals surface area contributed by atoms with E-state index in [0.717, 1.165) is 0 Å². The van der Waals surface area contributed by atoms with Crippen LogP contribution in [0.3, 0.4) is 0 Å². The van der Waals surface area contributed by atoms with Crippen molar-refractivity contribution in [1.82, 2.24) is 0 Å². The molecule has 0 aromatic rings. The maximum atomic E-state index is 10.8. The number of carbonyl (C=O) groups excluding carboxylic acids is 2. The topological polar surface area (TPSA) is 52.6 Å². The van der Waals surface area contributed by atoms with Crippen molar-refractivity contribution in [2.75, 3.05) is 7.11 Å². The van der Waals surface area contributed by atoms with Crippen molar-refractivity contribution in [1.29, 1.82) is 0 Å². The Morgan fingerprint density at radius 2 is 2.00 bits per heavy atom. The van der Waals surface area contributed by atoms with E-state index in [2.05, 4.69) is 9.47 Å². The van der Waals surface area contributed by atoms with Crippen LogP contribution in [0.5, 0.6) is 0 Å². The van der Waals surface area contributed by atoms with Crippen LogP contribution >= 0.6 is 0 Å². The summed E-state index contributed by atoms with van der Waals surface area (Å²) in [5.41, 5.74) is 0. The lowest BCUT2D eigenvalue weighted by molar-refractivity contribution is -0.160. The van der Waals surface area contributed by atoms with E-state index in [9.17, 15) is 9.59 Å². The molecule has 64 valence electrons. The minimum absolute atomic E-state index is 0.521. The van der Waals surface area contributed by atoms with Crippen molar-refractivity contribution in [3.63, 3.8) is 0 Å². The number of aldehydes is 1. The number of hydrogen-bond donors (Lipinski definition) is 0. The molecule has 0 spiro atoms. The lowest BCUT2D eigenvalue weighted by atomic mass is 10.4. The molecular formula is C7H12O4. The average molecular weight is 160 g/mol. The Hall–Kier alpha value is -0.900. The second-order valence-electron chi connectivity index (χ2n) is 2.16. The summed E-state index contributed by atoms with van der Waals surface area (Å²) in [4.78, 5) is 20.9. The SMILES string of the molecule is COC(C)C(=O)OC(C)C=O. The number of esters is 1. The minimum atomic E-state index is -0.694. The summed E-state index contributed by atoms with van der Waals surface area (Å²) in [6.45, 7) is 3.05. The van der Waals surface area contributed by atoms with Crippen molar-refractivity contribution in [3.8, 4) is 0 Å². The fourth-order valence-corrected chi connectivity index (χ4v) is 0.403. The molecular weight excluding hydrogens is 148 g/mol. The van der Waals surface area contributed by atoms with Gasteiger partial charge in [0.2, 0.25) is 0 Å². The Morgan fingerprint density at radius 1 is 1.45 bits per heavy atom. The molecule has 0 amide bonds. The van der Waals surface area contributed by atoms with Crippen molar-refractivity contribution in [3.05, 3.63) is 0 Å². The van der Waals surface area contributed by atoms with Gasteiger partial charge in [0.1, 0.15) is 0 Å². The van der Waals surface area contributed by atoms with Gasteiger partial charge in [-0.1, -0.05) is 0 Å². The minimum Gasteiger partial charge on any atom is -0.453 e. The Balaban J connectivity index is 3.76. The molecule has 0 radical (unpaired) electrons. The second kappa shape index (κ2) is 4.85. The van der Waals surface area contributed by atoms with Crippen LogP contribution in [0, 0.1) is 0 Å². The van der Waals surface area contributed by atoms with Crippen LogP contribution in [0.25, 0.3) is 0 Å². The third-order valence-electron chi connectivity index (χ3n) is 1.18. The lowest BCUT2D eigenvalue weighted by Crippen LogP contribution is -2.26. The molecule has 0 saturated heterocycles. The Morgan fingerprint density at radius 3 is 2.36 bits per heavy atom. The average Bonchev–Trinajstić information content (AvgIpc) is 2.02. The molecule has 2 atom stereocenters. The van der Waals surface area contributed by atoms with Gasteiger partial charge in [0.25, 0.3) is 0 Å². The molecule has 0 aliphatic heterocycles. The summed E-state index contributed by atoms with van der Waals surface area (Å²) in [5.74, 6) is -0.521. The molecule has 0 rings (SSSR count). The zero-order valence-corrected chi connectivity index (χ0v) is 6.87. The zero-order valence-electron chi connectivity index (χ0n) is 6.87. The number of hydrogen-bond acceptors (Lipinski definition) is 4. The van der Waals surface area contributed by atoms with Gasteiger partial charge < -0.3 is 9.47 Å². The molecule has 0 aromatic heterocycles. The summed E-state index contributed by atoms with van der Waals surface area (Å²) in [5, 5.41) is 0. The monoisotopic (exact) mass is 160 g/mol. The molecule has 0 aromatic carbocycles. The lowest BCUT2D eigenvalue weighted by Gasteiger charge is -2.10. The van der Waals surface area contributed by atoms with E-state index in [1.165, 1.54) is 14.0 Å². The first-order chi connectivity index (χ1) is 5.11. The molecule has 0 saturated carbocycles. The van der Waals surface area contributed by atoms with E-state index >= 15 is 0 Å². The Kier molecular flexibility index (Phi) is 4.45. The van der Waals surface area contributed by atoms with Crippen molar-refractivity contribution < 1.29 is 19.1 Å². The van der Waals surface area contributed by atoms with Crippen LogP contribution in [-0.2, 0) is 19.1 Å². The van der Waals surface area contributed by atoms with E-state index < -0.39 is 18.2 Å². The van der Waals surface area contributed by atoms with Crippen LogP contribution in [0.2, 0.25) is 0 Å². The third kappa shape index (κ3) is 3.72. The van der Waals surface area contributed by atoms with E-state index in [0.29, 0.717) is 6.29 Å². The second-order valence-corrected chi connectivity index (χ2v) is 2.16. The van der Waals surface area contributed by atoms with E-state index in [1.54, 1.807) is 6.92 Å². The molecule has 0 bridgehead atoms. The quantitative estimate of drug-likeness (QED) is 0.434. The highest BCUT2D eigenvalue weighted by Gasteiger charge is 2.15. The third-order valence-corrected chi connectivity index (χ3v) is 1.18. The van der Waals surface area contributed by atoms with Gasteiger partial charge in [0, 0.05) is 7.11 Å². The fraction of sp³-hybridized carbons (Fsp3) is 0.714. The van der Waals surface area contributed by atoms with Crippen molar-refractivity contribution >= 4 is 12.3 Å². The summed E-state index contributed by atoms with van der Waals surface area (Å²) < 4.78 is 9.29. The van der Waals surface area contributed by atoms with Crippen LogP contribution in [0.1, 0.15) is 13.8 Å². The molecule has 4 nitrogen and oxygen atoms in total. The number of methoxy groups -OCH3 is 1. The number of rotatable bonds is 4. The summed E-state index contributed by atoms with van der Waals surface area (Å²) in [7, 11) is 1.40. The van der Waals surface area contributed by atoms with Crippen LogP contribution < -0.4 is 0 Å².